The summed E-state index contributed by atoms with van der Waals surface area (Å²) in [6, 6.07) is 8.92. The average Bonchev–Trinajstić information content (AvgIpc) is 3.49. The van der Waals surface area contributed by atoms with Gasteiger partial charge < -0.3 is 14.7 Å². The minimum atomic E-state index is -4.65. The number of nitrogens with zero attached hydrogens (tertiary/aromatic N) is 3. The maximum absolute atomic E-state index is 14.0. The third-order valence-electron chi connectivity index (χ3n) is 7.10. The molecule has 0 spiro atoms. The first kappa shape index (κ1) is 27.2. The summed E-state index contributed by atoms with van der Waals surface area (Å²) < 4.78 is 47.1. The molecule has 12 heteroatoms. The van der Waals surface area contributed by atoms with Gasteiger partial charge in [0.15, 0.2) is 0 Å². The summed E-state index contributed by atoms with van der Waals surface area (Å²) in [6.07, 6.45) is -2.35. The molecule has 3 aromatic rings. The van der Waals surface area contributed by atoms with Crippen LogP contribution < -0.4 is 4.74 Å². The Labute approximate surface area is 226 Å². The number of thioether (sulfide) groups is 1. The first-order valence-corrected chi connectivity index (χ1v) is 13.3. The van der Waals surface area contributed by atoms with Crippen molar-refractivity contribution in [3.63, 3.8) is 0 Å². The number of carbonyl (C=O) groups excluding carboxylic acids is 2. The van der Waals surface area contributed by atoms with Crippen molar-refractivity contribution in [2.24, 2.45) is 0 Å². The molecular weight excluding hydrogens is 533 g/mol. The van der Waals surface area contributed by atoms with Crippen molar-refractivity contribution in [3.05, 3.63) is 64.2 Å². The van der Waals surface area contributed by atoms with Gasteiger partial charge in [0.05, 0.1) is 35.4 Å². The molecular formula is C27H27F3N4O4S. The Bertz CT molecular complexity index is 1430. The number of aliphatic hydroxyl groups is 1. The molecule has 0 unspecified atom stereocenters. The van der Waals surface area contributed by atoms with Gasteiger partial charge >= 0.3 is 6.18 Å². The normalized spacial score (nSPS) is 18.8. The zero-order valence-electron chi connectivity index (χ0n) is 21.1. The number of halogens is 3. The number of fused-ring (bicyclic) bond motifs is 1. The Morgan fingerprint density at radius 2 is 1.92 bits per heavy atom. The monoisotopic (exact) mass is 560 g/mol. The fourth-order valence-corrected chi connectivity index (χ4v) is 5.86. The second kappa shape index (κ2) is 11.0. The van der Waals surface area contributed by atoms with Gasteiger partial charge in [0.1, 0.15) is 5.75 Å². The highest BCUT2D eigenvalue weighted by atomic mass is 32.2. The average molecular weight is 561 g/mol. The first-order chi connectivity index (χ1) is 18.6. The third kappa shape index (κ3) is 5.82. The second-order valence-corrected chi connectivity index (χ2v) is 10.5. The van der Waals surface area contributed by atoms with Crippen LogP contribution in [-0.4, -0.2) is 75.6 Å². The number of amides is 2. The Hall–Kier alpha value is -3.35. The topological polar surface area (TPSA) is 98.8 Å². The number of likely N-dealkylation sites (tertiary alicyclic amines) is 1. The smallest absolute Gasteiger partial charge is 0.416 e. The van der Waals surface area contributed by atoms with Crippen molar-refractivity contribution in [1.29, 1.82) is 0 Å². The van der Waals surface area contributed by atoms with Crippen LogP contribution in [-0.2, 0) is 17.4 Å². The Morgan fingerprint density at radius 3 is 2.64 bits per heavy atom. The number of hydrogen-bond donors (Lipinski definition) is 2. The van der Waals surface area contributed by atoms with Crippen LogP contribution in [0.2, 0.25) is 0 Å². The summed E-state index contributed by atoms with van der Waals surface area (Å²) in [5.74, 6) is -0.454. The minimum Gasteiger partial charge on any atom is -0.497 e. The molecule has 2 aliphatic rings. The van der Waals surface area contributed by atoms with Crippen LogP contribution in [0.3, 0.4) is 0 Å². The molecule has 1 aromatic heterocycles. The summed E-state index contributed by atoms with van der Waals surface area (Å²) in [6.45, 7) is 1.96. The lowest BCUT2D eigenvalue weighted by Gasteiger charge is -2.30. The molecule has 8 nitrogen and oxygen atoms in total. The number of nitrogens with one attached hydrogen (secondary N) is 1. The molecule has 206 valence electrons. The van der Waals surface area contributed by atoms with Gasteiger partial charge in [-0.15, -0.1) is 0 Å². The Balaban J connectivity index is 1.51. The van der Waals surface area contributed by atoms with Crippen LogP contribution in [0, 0.1) is 0 Å². The van der Waals surface area contributed by atoms with E-state index in [2.05, 4.69) is 15.1 Å². The van der Waals surface area contributed by atoms with Gasteiger partial charge in [0.25, 0.3) is 11.1 Å². The molecule has 0 aliphatic carbocycles. The molecule has 2 saturated heterocycles. The number of rotatable bonds is 7. The van der Waals surface area contributed by atoms with Crippen LogP contribution >= 0.6 is 11.8 Å². The van der Waals surface area contributed by atoms with Crippen molar-refractivity contribution in [3.8, 4) is 5.75 Å². The number of allylic oxidation sites excluding steroid dienone is 1. The van der Waals surface area contributed by atoms with E-state index in [9.17, 15) is 27.9 Å². The van der Waals surface area contributed by atoms with Crippen molar-refractivity contribution in [2.45, 2.75) is 31.5 Å². The van der Waals surface area contributed by atoms with E-state index in [1.807, 2.05) is 0 Å². The van der Waals surface area contributed by atoms with Crippen molar-refractivity contribution in [1.82, 2.24) is 20.0 Å². The maximum Gasteiger partial charge on any atom is 0.416 e. The zero-order valence-corrected chi connectivity index (χ0v) is 21.9. The van der Waals surface area contributed by atoms with Gasteiger partial charge in [0, 0.05) is 31.6 Å². The number of aromatic nitrogens is 2. The molecule has 2 fully saturated rings. The Morgan fingerprint density at radius 1 is 1.15 bits per heavy atom. The lowest BCUT2D eigenvalue weighted by molar-refractivity contribution is -0.138. The SMILES string of the molecule is COc1ccc(C/C(=C2/SC(=O)N(CCN3CCC(O)CC3)C2=O)c2ccc3[nH]ncc3c2)c(C(F)(F)F)c1. The van der Waals surface area contributed by atoms with Crippen LogP contribution in [0.25, 0.3) is 16.5 Å². The number of carbonyl (C=O) groups is 2. The lowest BCUT2D eigenvalue weighted by Crippen LogP contribution is -2.42. The summed E-state index contributed by atoms with van der Waals surface area (Å²) in [4.78, 5) is 29.8. The number of ether oxygens (including phenoxy) is 1. The molecule has 5 rings (SSSR count). The lowest BCUT2D eigenvalue weighted by atomic mass is 9.93. The van der Waals surface area contributed by atoms with E-state index in [0.717, 1.165) is 33.6 Å². The van der Waals surface area contributed by atoms with Gasteiger partial charge in [0.2, 0.25) is 0 Å². The molecule has 39 heavy (non-hydrogen) atoms. The molecule has 2 aromatic carbocycles. The number of benzene rings is 2. The highest BCUT2D eigenvalue weighted by Gasteiger charge is 2.39. The second-order valence-electron chi connectivity index (χ2n) is 9.57. The number of piperidine rings is 1. The van der Waals surface area contributed by atoms with Gasteiger partial charge in [-0.1, -0.05) is 12.1 Å². The van der Waals surface area contributed by atoms with E-state index in [1.54, 1.807) is 24.4 Å². The molecule has 2 aliphatic heterocycles. The van der Waals surface area contributed by atoms with E-state index in [4.69, 9.17) is 4.74 Å². The van der Waals surface area contributed by atoms with Gasteiger partial charge in [-0.25, -0.2) is 0 Å². The van der Waals surface area contributed by atoms with Crippen molar-refractivity contribution >= 4 is 39.4 Å². The fraction of sp³-hybridized carbons (Fsp3) is 0.370. The largest absolute Gasteiger partial charge is 0.497 e. The minimum absolute atomic E-state index is 0.0377. The van der Waals surface area contributed by atoms with Crippen LogP contribution in [0.5, 0.6) is 5.75 Å². The van der Waals surface area contributed by atoms with E-state index in [0.29, 0.717) is 43.6 Å². The molecule has 0 radical (unpaired) electrons. The van der Waals surface area contributed by atoms with Crippen molar-refractivity contribution in [2.75, 3.05) is 33.3 Å². The standard InChI is InChI=1S/C27H27F3N4O4S/c1-38-20-4-2-17(22(14-20)27(28,29)30)13-21(16-3-5-23-18(12-16)15-31-32-23)24-25(36)34(26(37)39-24)11-10-33-8-6-19(35)7-9-33/h2-5,12,14-15,19,35H,6-11,13H2,1H3,(H,31,32)/b24-21-. The quantitative estimate of drug-likeness (QED) is 0.405. The molecule has 3 heterocycles. The van der Waals surface area contributed by atoms with Gasteiger partial charge in [-0.2, -0.15) is 18.3 Å². The molecule has 2 N–H and O–H groups in total. The predicted molar refractivity (Wildman–Crippen MR) is 141 cm³/mol. The summed E-state index contributed by atoms with van der Waals surface area (Å²) in [5, 5.41) is 16.8. The van der Waals surface area contributed by atoms with E-state index < -0.39 is 22.9 Å². The maximum atomic E-state index is 14.0. The number of alkyl halides is 3. The van der Waals surface area contributed by atoms with Crippen LogP contribution in [0.1, 0.15) is 29.5 Å². The summed E-state index contributed by atoms with van der Waals surface area (Å²) >= 11 is 0.749. The number of aromatic amines is 1. The number of H-pyrrole nitrogens is 1. The number of hydrogen-bond acceptors (Lipinski definition) is 7. The van der Waals surface area contributed by atoms with E-state index in [-0.39, 0.29) is 35.3 Å². The fourth-order valence-electron chi connectivity index (χ4n) is 4.89. The Kier molecular flexibility index (Phi) is 7.70. The number of methoxy groups -OCH3 is 1. The molecule has 0 saturated carbocycles. The first-order valence-electron chi connectivity index (χ1n) is 12.5. The number of imide groups is 1. The third-order valence-corrected chi connectivity index (χ3v) is 8.12. The summed E-state index contributed by atoms with van der Waals surface area (Å²) in [5.41, 5.74) is 0.696. The van der Waals surface area contributed by atoms with Crippen LogP contribution in [0.15, 0.2) is 47.5 Å². The highest BCUT2D eigenvalue weighted by Crippen LogP contribution is 2.41. The van der Waals surface area contributed by atoms with E-state index >= 15 is 0 Å². The van der Waals surface area contributed by atoms with Crippen molar-refractivity contribution < 1.29 is 32.6 Å². The van der Waals surface area contributed by atoms with Gasteiger partial charge in [-0.3, -0.25) is 19.6 Å². The summed E-state index contributed by atoms with van der Waals surface area (Å²) in [7, 11) is 1.29. The molecule has 2 amide bonds. The molecule has 0 atom stereocenters. The van der Waals surface area contributed by atoms with Gasteiger partial charge in [-0.05, 0) is 72.0 Å². The van der Waals surface area contributed by atoms with Crippen LogP contribution in [0.4, 0.5) is 18.0 Å². The van der Waals surface area contributed by atoms with E-state index in [1.165, 1.54) is 19.2 Å². The zero-order chi connectivity index (χ0) is 27.7. The predicted octanol–water partition coefficient (Wildman–Crippen LogP) is 4.70. The highest BCUT2D eigenvalue weighted by molar-refractivity contribution is 8.18. The number of aliphatic hydroxyl groups excluding tert-OH is 1. The molecule has 0 bridgehead atoms.